The molecule has 16 heavy (non-hydrogen) atoms. The van der Waals surface area contributed by atoms with Gasteiger partial charge in [-0.15, -0.1) is 0 Å². The topological polar surface area (TPSA) is 72.2 Å². The highest BCUT2D eigenvalue weighted by atomic mass is 35.5. The number of sulfonamides is 1. The summed E-state index contributed by atoms with van der Waals surface area (Å²) in [4.78, 5) is 0. The zero-order valence-electron chi connectivity index (χ0n) is 8.57. The van der Waals surface area contributed by atoms with Gasteiger partial charge in [0.2, 0.25) is 10.0 Å². The molecule has 0 saturated carbocycles. The molecule has 0 spiro atoms. The van der Waals surface area contributed by atoms with Crippen LogP contribution in [0.5, 0.6) is 0 Å². The number of benzene rings is 1. The lowest BCUT2D eigenvalue weighted by molar-refractivity contribution is 0.587. The van der Waals surface area contributed by atoms with E-state index in [0.717, 1.165) is 0 Å². The van der Waals surface area contributed by atoms with Crippen LogP contribution >= 0.6 is 11.6 Å². The van der Waals surface area contributed by atoms with E-state index in [1.165, 1.54) is 25.1 Å². The molecule has 0 amide bonds. The lowest BCUT2D eigenvalue weighted by atomic mass is 10.3. The molecule has 0 saturated heterocycles. The van der Waals surface area contributed by atoms with Crippen LogP contribution in [0.15, 0.2) is 18.2 Å². The van der Waals surface area contributed by atoms with Gasteiger partial charge in [-0.2, -0.15) is 0 Å². The van der Waals surface area contributed by atoms with Crippen molar-refractivity contribution in [2.75, 3.05) is 11.3 Å². The van der Waals surface area contributed by atoms with Crippen molar-refractivity contribution < 1.29 is 12.8 Å². The zero-order valence-corrected chi connectivity index (χ0v) is 10.1. The predicted molar refractivity (Wildman–Crippen MR) is 62.5 cm³/mol. The first-order valence-corrected chi connectivity index (χ1v) is 6.46. The van der Waals surface area contributed by atoms with E-state index >= 15 is 0 Å². The van der Waals surface area contributed by atoms with Gasteiger partial charge >= 0.3 is 0 Å². The van der Waals surface area contributed by atoms with Crippen molar-refractivity contribution in [1.29, 1.82) is 0 Å². The fraction of sp³-hybridized carbons (Fsp3) is 0.333. The quantitative estimate of drug-likeness (QED) is 0.869. The van der Waals surface area contributed by atoms with Crippen LogP contribution in [0.3, 0.4) is 0 Å². The molecule has 7 heteroatoms. The van der Waals surface area contributed by atoms with Crippen molar-refractivity contribution in [3.63, 3.8) is 0 Å². The summed E-state index contributed by atoms with van der Waals surface area (Å²) in [6.07, 6.45) is 0. The molecule has 90 valence electrons. The Hall–Kier alpha value is -0.850. The average molecular weight is 267 g/mol. The average Bonchev–Trinajstić information content (AvgIpc) is 2.23. The van der Waals surface area contributed by atoms with Crippen LogP contribution in [0, 0.1) is 5.82 Å². The molecule has 0 aliphatic carbocycles. The maximum Gasteiger partial charge on any atom is 0.236 e. The van der Waals surface area contributed by atoms with Crippen LogP contribution in [-0.4, -0.2) is 20.2 Å². The van der Waals surface area contributed by atoms with Crippen LogP contribution in [0.1, 0.15) is 6.92 Å². The van der Waals surface area contributed by atoms with Crippen molar-refractivity contribution >= 4 is 27.3 Å². The van der Waals surface area contributed by atoms with E-state index in [4.69, 9.17) is 17.3 Å². The molecule has 0 fully saturated rings. The predicted octanol–water partition coefficient (Wildman–Crippen LogP) is 1.57. The molecule has 1 atom stereocenters. The third-order valence-corrected chi connectivity index (χ3v) is 4.11. The third kappa shape index (κ3) is 2.84. The lowest BCUT2D eigenvalue weighted by Crippen LogP contribution is -2.31. The first-order valence-electron chi connectivity index (χ1n) is 4.54. The zero-order chi connectivity index (χ0) is 12.3. The van der Waals surface area contributed by atoms with Gasteiger partial charge in [0.15, 0.2) is 5.82 Å². The summed E-state index contributed by atoms with van der Waals surface area (Å²) < 4.78 is 38.7. The summed E-state index contributed by atoms with van der Waals surface area (Å²) >= 11 is 5.52. The van der Waals surface area contributed by atoms with Crippen molar-refractivity contribution in [1.82, 2.24) is 0 Å². The molecular weight excluding hydrogens is 255 g/mol. The first kappa shape index (κ1) is 13.2. The highest BCUT2D eigenvalue weighted by molar-refractivity contribution is 7.93. The monoisotopic (exact) mass is 266 g/mol. The number of rotatable bonds is 4. The lowest BCUT2D eigenvalue weighted by Gasteiger charge is -2.13. The van der Waals surface area contributed by atoms with Crippen molar-refractivity contribution in [2.45, 2.75) is 12.2 Å². The van der Waals surface area contributed by atoms with Gasteiger partial charge < -0.3 is 5.73 Å². The Balaban J connectivity index is 3.02. The molecule has 1 rings (SSSR count). The van der Waals surface area contributed by atoms with E-state index in [1.807, 2.05) is 0 Å². The molecule has 0 aliphatic rings. The Bertz CT molecular complexity index is 478. The molecule has 3 N–H and O–H groups in total. The van der Waals surface area contributed by atoms with Gasteiger partial charge in [-0.3, -0.25) is 4.72 Å². The molecule has 0 bridgehead atoms. The van der Waals surface area contributed by atoms with Crippen LogP contribution in [0.4, 0.5) is 10.1 Å². The molecule has 1 aromatic carbocycles. The van der Waals surface area contributed by atoms with Crippen molar-refractivity contribution in [2.24, 2.45) is 5.73 Å². The highest BCUT2D eigenvalue weighted by Gasteiger charge is 2.20. The maximum atomic E-state index is 13.4. The van der Waals surface area contributed by atoms with E-state index in [1.54, 1.807) is 0 Å². The maximum absolute atomic E-state index is 13.4. The van der Waals surface area contributed by atoms with E-state index in [9.17, 15) is 12.8 Å². The third-order valence-electron chi connectivity index (χ3n) is 2.07. The highest BCUT2D eigenvalue weighted by Crippen LogP contribution is 2.23. The molecule has 0 aromatic heterocycles. The van der Waals surface area contributed by atoms with E-state index in [0.29, 0.717) is 0 Å². The van der Waals surface area contributed by atoms with Crippen LogP contribution in [0.2, 0.25) is 5.02 Å². The Labute approximate surface area is 98.6 Å². The van der Waals surface area contributed by atoms with E-state index in [-0.39, 0.29) is 17.3 Å². The smallest absolute Gasteiger partial charge is 0.236 e. The Morgan fingerprint density at radius 1 is 1.56 bits per heavy atom. The van der Waals surface area contributed by atoms with Gasteiger partial charge in [-0.05, 0) is 19.1 Å². The van der Waals surface area contributed by atoms with Gasteiger partial charge in [-0.1, -0.05) is 17.7 Å². The summed E-state index contributed by atoms with van der Waals surface area (Å²) in [6.45, 7) is 1.39. The SMILES string of the molecule is CC(CN)S(=O)(=O)Nc1cccc(Cl)c1F. The van der Waals surface area contributed by atoms with Crippen molar-refractivity contribution in [3.05, 3.63) is 29.0 Å². The van der Waals surface area contributed by atoms with Crippen molar-refractivity contribution in [3.8, 4) is 0 Å². The van der Waals surface area contributed by atoms with Gasteiger partial charge in [0.1, 0.15) is 0 Å². The normalized spacial score (nSPS) is 13.5. The summed E-state index contributed by atoms with van der Waals surface area (Å²) in [5.74, 6) is -0.794. The fourth-order valence-corrected chi connectivity index (χ4v) is 2.06. The number of hydrogen-bond donors (Lipinski definition) is 2. The summed E-state index contributed by atoms with van der Waals surface area (Å²) in [5.41, 5.74) is 5.07. The number of nitrogens with two attached hydrogens (primary N) is 1. The number of anilines is 1. The molecule has 0 radical (unpaired) electrons. The Morgan fingerprint density at radius 3 is 2.75 bits per heavy atom. The minimum atomic E-state index is -3.68. The minimum absolute atomic E-state index is 0.0441. The van der Waals surface area contributed by atoms with Crippen LogP contribution in [0.25, 0.3) is 0 Å². The Kier molecular flexibility index (Phi) is 4.12. The number of nitrogens with one attached hydrogen (secondary N) is 1. The number of halogens is 2. The summed E-state index contributed by atoms with van der Waals surface area (Å²) in [7, 11) is -3.68. The first-order chi connectivity index (χ1) is 7.38. The van der Waals surface area contributed by atoms with Gasteiger partial charge in [0, 0.05) is 6.54 Å². The van der Waals surface area contributed by atoms with Gasteiger partial charge in [0.05, 0.1) is 16.0 Å². The largest absolute Gasteiger partial charge is 0.329 e. The van der Waals surface area contributed by atoms with Crippen LogP contribution < -0.4 is 10.5 Å². The molecule has 0 heterocycles. The molecular formula is C9H12ClFN2O2S. The molecule has 4 nitrogen and oxygen atoms in total. The standard InChI is InChI=1S/C9H12ClFN2O2S/c1-6(5-12)16(14,15)13-8-4-2-3-7(10)9(8)11/h2-4,6,13H,5,12H2,1H3. The second kappa shape index (κ2) is 4.99. The van der Waals surface area contributed by atoms with Gasteiger partial charge in [0.25, 0.3) is 0 Å². The minimum Gasteiger partial charge on any atom is -0.329 e. The second-order valence-corrected chi connectivity index (χ2v) is 5.80. The molecule has 1 unspecified atom stereocenters. The van der Waals surface area contributed by atoms with E-state index in [2.05, 4.69) is 4.72 Å². The molecule has 0 aliphatic heterocycles. The summed E-state index contributed by atoms with van der Waals surface area (Å²) in [5, 5.41) is -0.938. The second-order valence-electron chi connectivity index (χ2n) is 3.29. The fourth-order valence-electron chi connectivity index (χ4n) is 0.963. The Morgan fingerprint density at radius 2 is 2.19 bits per heavy atom. The number of hydrogen-bond acceptors (Lipinski definition) is 3. The van der Waals surface area contributed by atoms with Crippen LogP contribution in [-0.2, 0) is 10.0 Å². The molecule has 1 aromatic rings. The van der Waals surface area contributed by atoms with E-state index < -0.39 is 21.1 Å². The summed E-state index contributed by atoms with van der Waals surface area (Å²) in [6, 6.07) is 4.08. The van der Waals surface area contributed by atoms with Gasteiger partial charge in [-0.25, -0.2) is 12.8 Å².